The van der Waals surface area contributed by atoms with Gasteiger partial charge in [-0.1, -0.05) is 45.4 Å². The molecular weight excluding hydrogens is 261 g/mol. The summed E-state index contributed by atoms with van der Waals surface area (Å²) in [5, 5.41) is 4.04. The highest BCUT2D eigenvalue weighted by atomic mass is 35.5. The van der Waals surface area contributed by atoms with Gasteiger partial charge in [0.2, 0.25) is 0 Å². The highest BCUT2D eigenvalue weighted by Gasteiger charge is 2.23. The number of halogens is 2. The highest BCUT2D eigenvalue weighted by Crippen LogP contribution is 2.29. The fourth-order valence-corrected chi connectivity index (χ4v) is 2.33. The largest absolute Gasteiger partial charge is 0.316 e. The van der Waals surface area contributed by atoms with Crippen LogP contribution in [0.2, 0.25) is 5.02 Å². The molecule has 1 rings (SSSR count). The van der Waals surface area contributed by atoms with Gasteiger partial charge in [0.15, 0.2) is 0 Å². The van der Waals surface area contributed by atoms with E-state index in [1.807, 2.05) is 0 Å². The lowest BCUT2D eigenvalue weighted by atomic mass is 9.81. The van der Waals surface area contributed by atoms with E-state index in [-0.39, 0.29) is 11.2 Å². The predicted molar refractivity (Wildman–Crippen MR) is 81.2 cm³/mol. The molecule has 1 unspecified atom stereocenters. The maximum absolute atomic E-state index is 13.1. The summed E-state index contributed by atoms with van der Waals surface area (Å²) in [6, 6.07) is 4.68. The maximum Gasteiger partial charge on any atom is 0.124 e. The van der Waals surface area contributed by atoms with E-state index in [0.717, 1.165) is 31.5 Å². The Hall–Kier alpha value is -0.600. The Morgan fingerprint density at radius 2 is 2.05 bits per heavy atom. The minimum atomic E-state index is -0.273. The van der Waals surface area contributed by atoms with Gasteiger partial charge in [-0.15, -0.1) is 0 Å². The van der Waals surface area contributed by atoms with E-state index in [1.165, 1.54) is 12.1 Å². The molecule has 0 aliphatic heterocycles. The summed E-state index contributed by atoms with van der Waals surface area (Å²) in [4.78, 5) is 0. The molecule has 108 valence electrons. The normalized spacial score (nSPS) is 14.7. The smallest absolute Gasteiger partial charge is 0.124 e. The van der Waals surface area contributed by atoms with Crippen LogP contribution >= 0.6 is 11.6 Å². The van der Waals surface area contributed by atoms with Crippen molar-refractivity contribution in [3.05, 3.63) is 34.6 Å². The van der Waals surface area contributed by atoms with E-state index in [1.54, 1.807) is 6.07 Å². The molecule has 0 aliphatic rings. The molecule has 0 fully saturated rings. The SMILES string of the molecule is CCC(C)(CNCC(C)C)Cc1ccc(F)cc1Cl. The van der Waals surface area contributed by atoms with E-state index in [2.05, 4.69) is 33.0 Å². The third-order valence-corrected chi connectivity index (χ3v) is 3.94. The van der Waals surface area contributed by atoms with Crippen LogP contribution in [0.5, 0.6) is 0 Å². The summed E-state index contributed by atoms with van der Waals surface area (Å²) in [6.45, 7) is 10.8. The fourth-order valence-electron chi connectivity index (χ4n) is 2.10. The summed E-state index contributed by atoms with van der Waals surface area (Å²) < 4.78 is 13.1. The zero-order chi connectivity index (χ0) is 14.5. The lowest BCUT2D eigenvalue weighted by molar-refractivity contribution is 0.285. The standard InChI is InChI=1S/C16H25ClFN/c1-5-16(4,11-19-10-12(2)3)9-13-6-7-14(18)8-15(13)17/h6-8,12,19H,5,9-11H2,1-4H3. The van der Waals surface area contributed by atoms with Gasteiger partial charge in [-0.05, 0) is 48.4 Å². The van der Waals surface area contributed by atoms with Gasteiger partial charge in [-0.3, -0.25) is 0 Å². The van der Waals surface area contributed by atoms with Crippen LogP contribution in [-0.2, 0) is 6.42 Å². The number of hydrogen-bond donors (Lipinski definition) is 1. The third-order valence-electron chi connectivity index (χ3n) is 3.59. The lowest BCUT2D eigenvalue weighted by Crippen LogP contribution is -2.35. The summed E-state index contributed by atoms with van der Waals surface area (Å²) in [6.07, 6.45) is 1.93. The Morgan fingerprint density at radius 1 is 1.37 bits per heavy atom. The molecule has 0 saturated heterocycles. The van der Waals surface area contributed by atoms with E-state index >= 15 is 0 Å². The fraction of sp³-hybridized carbons (Fsp3) is 0.625. The first-order valence-corrected chi connectivity index (χ1v) is 7.39. The van der Waals surface area contributed by atoms with Crippen molar-refractivity contribution in [2.45, 2.75) is 40.5 Å². The van der Waals surface area contributed by atoms with E-state index in [4.69, 9.17) is 11.6 Å². The van der Waals surface area contributed by atoms with Gasteiger partial charge in [0.05, 0.1) is 0 Å². The average Bonchev–Trinajstić information content (AvgIpc) is 2.32. The first kappa shape index (κ1) is 16.5. The summed E-state index contributed by atoms with van der Waals surface area (Å²) in [7, 11) is 0. The monoisotopic (exact) mass is 285 g/mol. The molecule has 0 amide bonds. The highest BCUT2D eigenvalue weighted by molar-refractivity contribution is 6.31. The topological polar surface area (TPSA) is 12.0 Å². The van der Waals surface area contributed by atoms with Crippen LogP contribution in [0.3, 0.4) is 0 Å². The Labute approximate surface area is 121 Å². The second kappa shape index (κ2) is 7.25. The van der Waals surface area contributed by atoms with Crippen molar-refractivity contribution in [2.24, 2.45) is 11.3 Å². The summed E-state index contributed by atoms with van der Waals surface area (Å²) >= 11 is 6.12. The lowest BCUT2D eigenvalue weighted by Gasteiger charge is -2.29. The molecule has 0 aromatic heterocycles. The molecule has 1 aromatic carbocycles. The van der Waals surface area contributed by atoms with Crippen LogP contribution in [-0.4, -0.2) is 13.1 Å². The minimum absolute atomic E-state index is 0.149. The van der Waals surface area contributed by atoms with Gasteiger partial charge in [0, 0.05) is 11.6 Å². The summed E-state index contributed by atoms with van der Waals surface area (Å²) in [5.74, 6) is 0.375. The van der Waals surface area contributed by atoms with Gasteiger partial charge < -0.3 is 5.32 Å². The molecule has 1 N–H and O–H groups in total. The van der Waals surface area contributed by atoms with Crippen molar-refractivity contribution in [2.75, 3.05) is 13.1 Å². The Balaban J connectivity index is 2.68. The molecule has 1 nitrogen and oxygen atoms in total. The molecule has 0 saturated carbocycles. The van der Waals surface area contributed by atoms with Crippen molar-refractivity contribution >= 4 is 11.6 Å². The molecular formula is C16H25ClFN. The van der Waals surface area contributed by atoms with E-state index in [9.17, 15) is 4.39 Å². The number of rotatable bonds is 7. The van der Waals surface area contributed by atoms with Crippen molar-refractivity contribution < 1.29 is 4.39 Å². The Morgan fingerprint density at radius 3 is 2.58 bits per heavy atom. The molecule has 0 spiro atoms. The number of hydrogen-bond acceptors (Lipinski definition) is 1. The van der Waals surface area contributed by atoms with E-state index in [0.29, 0.717) is 10.9 Å². The number of nitrogens with one attached hydrogen (secondary N) is 1. The predicted octanol–water partition coefficient (Wildman–Crippen LogP) is 4.68. The molecule has 0 aliphatic carbocycles. The van der Waals surface area contributed by atoms with Crippen LogP contribution < -0.4 is 5.32 Å². The third kappa shape index (κ3) is 5.50. The first-order chi connectivity index (χ1) is 8.86. The molecule has 3 heteroatoms. The van der Waals surface area contributed by atoms with Gasteiger partial charge in [0.25, 0.3) is 0 Å². The van der Waals surface area contributed by atoms with Crippen LogP contribution in [0, 0.1) is 17.2 Å². The van der Waals surface area contributed by atoms with Crippen LogP contribution in [0.25, 0.3) is 0 Å². The summed E-state index contributed by atoms with van der Waals surface area (Å²) in [5.41, 5.74) is 1.18. The van der Waals surface area contributed by atoms with Gasteiger partial charge >= 0.3 is 0 Å². The van der Waals surface area contributed by atoms with Gasteiger partial charge in [-0.25, -0.2) is 4.39 Å². The van der Waals surface area contributed by atoms with Gasteiger partial charge in [-0.2, -0.15) is 0 Å². The minimum Gasteiger partial charge on any atom is -0.316 e. The van der Waals surface area contributed by atoms with Crippen molar-refractivity contribution in [3.8, 4) is 0 Å². The molecule has 1 aromatic rings. The quantitative estimate of drug-likeness (QED) is 0.767. The molecule has 0 bridgehead atoms. The Bertz CT molecular complexity index is 406. The van der Waals surface area contributed by atoms with Crippen LogP contribution in [0.4, 0.5) is 4.39 Å². The molecule has 0 radical (unpaired) electrons. The molecule has 19 heavy (non-hydrogen) atoms. The zero-order valence-corrected chi connectivity index (χ0v) is 13.1. The average molecular weight is 286 g/mol. The van der Waals surface area contributed by atoms with Crippen molar-refractivity contribution in [1.82, 2.24) is 5.32 Å². The molecule has 1 atom stereocenters. The van der Waals surface area contributed by atoms with Crippen molar-refractivity contribution in [1.29, 1.82) is 0 Å². The molecule has 0 heterocycles. The maximum atomic E-state index is 13.1. The second-order valence-corrected chi connectivity index (χ2v) is 6.51. The van der Waals surface area contributed by atoms with E-state index < -0.39 is 0 Å². The van der Waals surface area contributed by atoms with Gasteiger partial charge in [0.1, 0.15) is 5.82 Å². The van der Waals surface area contributed by atoms with Crippen LogP contribution in [0.1, 0.15) is 39.7 Å². The van der Waals surface area contributed by atoms with Crippen LogP contribution in [0.15, 0.2) is 18.2 Å². The first-order valence-electron chi connectivity index (χ1n) is 7.01. The zero-order valence-electron chi connectivity index (χ0n) is 12.4. The van der Waals surface area contributed by atoms with Crippen molar-refractivity contribution in [3.63, 3.8) is 0 Å². The second-order valence-electron chi connectivity index (χ2n) is 6.10. The Kier molecular flexibility index (Phi) is 6.28. The number of benzene rings is 1.